The standard InChI is InChI=1S/C17H13FN4O3S/c1-3-26(24,25)22-14-6-4-5-11(15(14)18)16(23)13-9-21-17-12(13)7-10(19-2)8-20-17/h4-9,22H,3H2,1H3,(H,20,21). The van der Waals surface area contributed by atoms with E-state index in [4.69, 9.17) is 6.57 Å². The average molecular weight is 372 g/mol. The van der Waals surface area contributed by atoms with Crippen LogP contribution in [0, 0.1) is 12.4 Å². The van der Waals surface area contributed by atoms with Crippen LogP contribution in [0.4, 0.5) is 15.8 Å². The molecule has 0 saturated carbocycles. The summed E-state index contributed by atoms with van der Waals surface area (Å²) in [6.45, 7) is 8.46. The van der Waals surface area contributed by atoms with Crippen LogP contribution in [0.1, 0.15) is 22.8 Å². The molecule has 2 aromatic heterocycles. The summed E-state index contributed by atoms with van der Waals surface area (Å²) >= 11 is 0. The minimum absolute atomic E-state index is 0.146. The zero-order chi connectivity index (χ0) is 18.9. The fourth-order valence-electron chi connectivity index (χ4n) is 2.41. The molecule has 1 aromatic carbocycles. The molecule has 2 N–H and O–H groups in total. The molecule has 3 rings (SSSR count). The molecule has 0 unspecified atom stereocenters. The molecular formula is C17H13FN4O3S. The number of carbonyl (C=O) groups excluding carboxylic acids is 1. The van der Waals surface area contributed by atoms with Crippen molar-refractivity contribution in [3.63, 3.8) is 0 Å². The van der Waals surface area contributed by atoms with Crippen molar-refractivity contribution in [2.75, 3.05) is 10.5 Å². The fourth-order valence-corrected chi connectivity index (χ4v) is 3.05. The molecule has 0 aliphatic carbocycles. The summed E-state index contributed by atoms with van der Waals surface area (Å²) in [6, 6.07) is 5.39. The molecule has 132 valence electrons. The highest BCUT2D eigenvalue weighted by Crippen LogP contribution is 2.27. The Bertz CT molecular complexity index is 1160. The highest BCUT2D eigenvalue weighted by atomic mass is 32.2. The van der Waals surface area contributed by atoms with Gasteiger partial charge in [0.15, 0.2) is 11.6 Å². The average Bonchev–Trinajstić information content (AvgIpc) is 3.05. The number of aromatic nitrogens is 2. The SMILES string of the molecule is [C-]#[N+]c1cnc2[nH]cc(C(=O)c3cccc(NS(=O)(=O)CC)c3F)c2c1. The van der Waals surface area contributed by atoms with E-state index in [1.165, 1.54) is 43.6 Å². The van der Waals surface area contributed by atoms with Gasteiger partial charge in [0.2, 0.25) is 15.7 Å². The topological polar surface area (TPSA) is 96.3 Å². The smallest absolute Gasteiger partial charge is 0.232 e. The number of anilines is 1. The van der Waals surface area contributed by atoms with Gasteiger partial charge in [-0.15, -0.1) is 0 Å². The molecule has 0 amide bonds. The van der Waals surface area contributed by atoms with Crippen LogP contribution in [0.2, 0.25) is 0 Å². The van der Waals surface area contributed by atoms with E-state index in [-0.39, 0.29) is 28.3 Å². The molecule has 0 aliphatic rings. The van der Waals surface area contributed by atoms with Crippen molar-refractivity contribution < 1.29 is 17.6 Å². The summed E-state index contributed by atoms with van der Waals surface area (Å²) in [7, 11) is -3.69. The number of aromatic amines is 1. The predicted octanol–water partition coefficient (Wildman–Crippen LogP) is 3.25. The number of nitrogens with zero attached hydrogens (tertiary/aromatic N) is 2. The summed E-state index contributed by atoms with van der Waals surface area (Å²) < 4.78 is 40.2. The van der Waals surface area contributed by atoms with Crippen molar-refractivity contribution in [3.05, 3.63) is 65.0 Å². The Morgan fingerprint density at radius 2 is 2.15 bits per heavy atom. The van der Waals surface area contributed by atoms with Crippen LogP contribution in [0.25, 0.3) is 15.9 Å². The van der Waals surface area contributed by atoms with Gasteiger partial charge in [-0.25, -0.2) is 17.7 Å². The van der Waals surface area contributed by atoms with Crippen molar-refractivity contribution in [1.82, 2.24) is 9.97 Å². The van der Waals surface area contributed by atoms with Crippen LogP contribution in [0.15, 0.2) is 36.7 Å². The van der Waals surface area contributed by atoms with Gasteiger partial charge in [0, 0.05) is 23.3 Å². The van der Waals surface area contributed by atoms with Gasteiger partial charge >= 0.3 is 0 Å². The van der Waals surface area contributed by atoms with E-state index < -0.39 is 21.6 Å². The van der Waals surface area contributed by atoms with Crippen LogP contribution < -0.4 is 4.72 Å². The van der Waals surface area contributed by atoms with E-state index in [1.54, 1.807) is 0 Å². The van der Waals surface area contributed by atoms with Crippen LogP contribution >= 0.6 is 0 Å². The van der Waals surface area contributed by atoms with Crippen LogP contribution in [0.5, 0.6) is 0 Å². The first-order chi connectivity index (χ1) is 12.4. The van der Waals surface area contributed by atoms with E-state index >= 15 is 0 Å². The highest BCUT2D eigenvalue weighted by molar-refractivity contribution is 7.92. The number of fused-ring (bicyclic) bond motifs is 1. The first-order valence-corrected chi connectivity index (χ1v) is 9.20. The highest BCUT2D eigenvalue weighted by Gasteiger charge is 2.21. The number of ketones is 1. The quantitative estimate of drug-likeness (QED) is 0.531. The van der Waals surface area contributed by atoms with Gasteiger partial charge in [0.1, 0.15) is 5.65 Å². The van der Waals surface area contributed by atoms with Gasteiger partial charge in [-0.3, -0.25) is 14.5 Å². The predicted molar refractivity (Wildman–Crippen MR) is 95.3 cm³/mol. The lowest BCUT2D eigenvalue weighted by atomic mass is 10.0. The number of pyridine rings is 1. The lowest BCUT2D eigenvalue weighted by molar-refractivity contribution is 0.103. The van der Waals surface area contributed by atoms with E-state index in [9.17, 15) is 17.6 Å². The molecule has 7 nitrogen and oxygen atoms in total. The second kappa shape index (κ2) is 6.57. The van der Waals surface area contributed by atoms with E-state index in [0.717, 1.165) is 0 Å². The summed E-state index contributed by atoms with van der Waals surface area (Å²) in [5, 5.41) is 0.391. The van der Waals surface area contributed by atoms with Gasteiger partial charge in [-0.2, -0.15) is 0 Å². The van der Waals surface area contributed by atoms with Crippen LogP contribution in [-0.2, 0) is 10.0 Å². The first-order valence-electron chi connectivity index (χ1n) is 7.54. The number of nitrogens with one attached hydrogen (secondary N) is 2. The molecule has 0 saturated heterocycles. The maximum atomic E-state index is 14.7. The molecule has 0 bridgehead atoms. The molecule has 26 heavy (non-hydrogen) atoms. The molecule has 2 heterocycles. The Kier molecular flexibility index (Phi) is 4.44. The van der Waals surface area contributed by atoms with Crippen molar-refractivity contribution >= 4 is 38.2 Å². The molecule has 0 fully saturated rings. The number of hydrogen-bond acceptors (Lipinski definition) is 4. The van der Waals surface area contributed by atoms with Gasteiger partial charge in [0.05, 0.1) is 23.6 Å². The maximum Gasteiger partial charge on any atom is 0.232 e. The number of hydrogen-bond donors (Lipinski definition) is 2. The monoisotopic (exact) mass is 372 g/mol. The largest absolute Gasteiger partial charge is 0.345 e. The third-order valence-electron chi connectivity index (χ3n) is 3.78. The second-order valence-corrected chi connectivity index (χ2v) is 7.42. The molecule has 3 aromatic rings. The third-order valence-corrected chi connectivity index (χ3v) is 5.07. The fraction of sp³-hybridized carbons (Fsp3) is 0.118. The summed E-state index contributed by atoms with van der Waals surface area (Å²) in [5.74, 6) is -1.83. The van der Waals surface area contributed by atoms with Gasteiger partial charge in [-0.05, 0) is 25.1 Å². The molecular weight excluding hydrogens is 359 g/mol. The van der Waals surface area contributed by atoms with Crippen molar-refractivity contribution in [3.8, 4) is 0 Å². The van der Waals surface area contributed by atoms with Crippen LogP contribution in [-0.4, -0.2) is 29.9 Å². The summed E-state index contributed by atoms with van der Waals surface area (Å²) in [5.41, 5.74) is 0.209. The Morgan fingerprint density at radius 1 is 1.38 bits per heavy atom. The zero-order valence-electron chi connectivity index (χ0n) is 13.6. The Balaban J connectivity index is 2.08. The first kappa shape index (κ1) is 17.6. The molecule has 0 radical (unpaired) electrons. The maximum absolute atomic E-state index is 14.7. The van der Waals surface area contributed by atoms with Gasteiger partial charge in [0.25, 0.3) is 0 Å². The lowest BCUT2D eigenvalue weighted by Crippen LogP contribution is -2.16. The number of carbonyl (C=O) groups is 1. The molecule has 9 heteroatoms. The number of benzene rings is 1. The number of sulfonamides is 1. The van der Waals surface area contributed by atoms with Gasteiger partial charge < -0.3 is 4.98 Å². The lowest BCUT2D eigenvalue weighted by Gasteiger charge is -2.09. The normalized spacial score (nSPS) is 11.3. The second-order valence-electron chi connectivity index (χ2n) is 5.41. The summed E-state index contributed by atoms with van der Waals surface area (Å²) in [4.78, 5) is 22.9. The Morgan fingerprint density at radius 3 is 2.85 bits per heavy atom. The van der Waals surface area contributed by atoms with E-state index in [1.807, 2.05) is 0 Å². The Hall–Kier alpha value is -3.25. The number of rotatable bonds is 5. The van der Waals surface area contributed by atoms with Crippen molar-refractivity contribution in [2.45, 2.75) is 6.92 Å². The number of halogens is 1. The molecule has 0 aliphatic heterocycles. The van der Waals surface area contributed by atoms with Crippen molar-refractivity contribution in [2.24, 2.45) is 0 Å². The van der Waals surface area contributed by atoms with Gasteiger partial charge in [-0.1, -0.05) is 6.07 Å². The Labute approximate surface area is 148 Å². The summed E-state index contributed by atoms with van der Waals surface area (Å²) in [6.07, 6.45) is 2.75. The minimum Gasteiger partial charge on any atom is -0.345 e. The molecule has 0 spiro atoms. The van der Waals surface area contributed by atoms with Crippen LogP contribution in [0.3, 0.4) is 0 Å². The third kappa shape index (κ3) is 3.14. The molecule has 0 atom stereocenters. The van der Waals surface area contributed by atoms with Crippen molar-refractivity contribution in [1.29, 1.82) is 0 Å². The zero-order valence-corrected chi connectivity index (χ0v) is 14.4. The number of H-pyrrole nitrogens is 1. The van der Waals surface area contributed by atoms with E-state index in [0.29, 0.717) is 11.0 Å². The minimum atomic E-state index is -3.69. The van der Waals surface area contributed by atoms with E-state index in [2.05, 4.69) is 19.5 Å².